The number of hydrogen-bond donors (Lipinski definition) is 4. The fourth-order valence-corrected chi connectivity index (χ4v) is 2.29. The third-order valence-corrected chi connectivity index (χ3v) is 3.62. The van der Waals surface area contributed by atoms with Crippen molar-refractivity contribution in [2.75, 3.05) is 13.2 Å². The number of phenolic OH excluding ortho intramolecular Hbond substituents is 2. The highest BCUT2D eigenvalue weighted by molar-refractivity contribution is 6.04. The van der Waals surface area contributed by atoms with E-state index in [0.717, 1.165) is 18.9 Å². The molecule has 2 aromatic carbocycles. The summed E-state index contributed by atoms with van der Waals surface area (Å²) >= 11 is 0. The lowest BCUT2D eigenvalue weighted by Gasteiger charge is -2.10. The first kappa shape index (κ1) is 19.0. The molecule has 0 saturated heterocycles. The van der Waals surface area contributed by atoms with Crippen molar-refractivity contribution in [3.8, 4) is 11.5 Å². The van der Waals surface area contributed by atoms with E-state index in [4.69, 9.17) is 4.74 Å². The van der Waals surface area contributed by atoms with Crippen LogP contribution in [0.2, 0.25) is 0 Å². The average Bonchev–Trinajstić information content (AvgIpc) is 2.63. The number of aromatic hydroxyl groups is 2. The number of nitrogens with one attached hydrogen (secondary N) is 2. The number of carbonyl (C=O) groups is 3. The number of carbonyl (C=O) groups excluding carboxylic acids is 3. The molecular formula is C18H20N2O6. The Labute approximate surface area is 149 Å². The molecule has 0 aliphatic carbocycles. The number of fused-ring (bicyclic) bond motifs is 1. The Morgan fingerprint density at radius 1 is 1.12 bits per heavy atom. The van der Waals surface area contributed by atoms with E-state index < -0.39 is 24.5 Å². The van der Waals surface area contributed by atoms with Crippen molar-refractivity contribution in [2.45, 2.75) is 19.8 Å². The molecular weight excluding hydrogens is 340 g/mol. The van der Waals surface area contributed by atoms with Gasteiger partial charge in [-0.2, -0.15) is 0 Å². The topological polar surface area (TPSA) is 125 Å². The summed E-state index contributed by atoms with van der Waals surface area (Å²) < 4.78 is 4.80. The highest BCUT2D eigenvalue weighted by Gasteiger charge is 2.19. The molecule has 4 N–H and O–H groups in total. The van der Waals surface area contributed by atoms with Crippen molar-refractivity contribution in [1.82, 2.24) is 10.6 Å². The van der Waals surface area contributed by atoms with E-state index in [1.807, 2.05) is 12.2 Å². The van der Waals surface area contributed by atoms with Gasteiger partial charge in [-0.1, -0.05) is 37.6 Å². The molecule has 0 unspecified atom stereocenters. The molecule has 8 nitrogen and oxygen atoms in total. The van der Waals surface area contributed by atoms with Crippen LogP contribution in [0.25, 0.3) is 10.8 Å². The van der Waals surface area contributed by atoms with Gasteiger partial charge in [0.05, 0.1) is 0 Å². The summed E-state index contributed by atoms with van der Waals surface area (Å²) in [4.78, 5) is 35.1. The number of rotatable bonds is 6. The fraction of sp³-hybridized carbons (Fsp3) is 0.278. The summed E-state index contributed by atoms with van der Waals surface area (Å²) in [6.45, 7) is 1.69. The molecule has 0 aliphatic rings. The number of ether oxygens (including phenoxy) is 1. The van der Waals surface area contributed by atoms with Crippen molar-refractivity contribution in [1.29, 1.82) is 0 Å². The molecule has 0 aliphatic heterocycles. The second kappa shape index (κ2) is 8.70. The molecule has 8 heteroatoms. The van der Waals surface area contributed by atoms with Crippen LogP contribution in [0.4, 0.5) is 4.79 Å². The molecule has 0 aromatic heterocycles. The largest absolute Gasteiger partial charge is 0.507 e. The highest BCUT2D eigenvalue weighted by Crippen LogP contribution is 2.35. The minimum Gasteiger partial charge on any atom is -0.507 e. The van der Waals surface area contributed by atoms with Gasteiger partial charge in [0.2, 0.25) is 0 Å². The fourth-order valence-electron chi connectivity index (χ4n) is 2.29. The number of hydrogen-bond acceptors (Lipinski definition) is 6. The molecule has 3 amide bonds. The zero-order chi connectivity index (χ0) is 19.1. The molecule has 0 bridgehead atoms. The molecule has 2 rings (SSSR count). The van der Waals surface area contributed by atoms with Gasteiger partial charge in [-0.15, -0.1) is 0 Å². The maximum atomic E-state index is 12.1. The van der Waals surface area contributed by atoms with Crippen LogP contribution in [0.1, 0.15) is 30.1 Å². The number of phenols is 2. The van der Waals surface area contributed by atoms with Gasteiger partial charge in [-0.05, 0) is 12.5 Å². The third-order valence-electron chi connectivity index (χ3n) is 3.62. The van der Waals surface area contributed by atoms with Crippen LogP contribution in [-0.2, 0) is 9.53 Å². The lowest BCUT2D eigenvalue weighted by atomic mass is 10.0. The molecule has 0 saturated carbocycles. The Kier molecular flexibility index (Phi) is 6.37. The van der Waals surface area contributed by atoms with E-state index in [2.05, 4.69) is 5.32 Å². The van der Waals surface area contributed by atoms with Gasteiger partial charge in [-0.3, -0.25) is 10.1 Å². The first-order chi connectivity index (χ1) is 12.4. The second-order valence-corrected chi connectivity index (χ2v) is 5.57. The smallest absolute Gasteiger partial charge is 0.342 e. The van der Waals surface area contributed by atoms with Gasteiger partial charge in [0.1, 0.15) is 17.1 Å². The lowest BCUT2D eigenvalue weighted by molar-refractivity contribution is -0.123. The van der Waals surface area contributed by atoms with E-state index in [1.54, 1.807) is 18.2 Å². The molecule has 0 atom stereocenters. The van der Waals surface area contributed by atoms with E-state index in [-0.39, 0.29) is 22.4 Å². The Hall–Kier alpha value is -3.29. The summed E-state index contributed by atoms with van der Waals surface area (Å²) in [5, 5.41) is 25.3. The molecule has 138 valence electrons. The molecule has 0 fully saturated rings. The summed E-state index contributed by atoms with van der Waals surface area (Å²) in [6, 6.07) is 6.83. The molecule has 0 spiro atoms. The van der Waals surface area contributed by atoms with Crippen molar-refractivity contribution < 1.29 is 29.3 Å². The van der Waals surface area contributed by atoms with Crippen LogP contribution in [0.5, 0.6) is 11.5 Å². The van der Waals surface area contributed by atoms with E-state index >= 15 is 0 Å². The Balaban J connectivity index is 1.98. The molecule has 0 radical (unpaired) electrons. The zero-order valence-electron chi connectivity index (χ0n) is 14.2. The summed E-state index contributed by atoms with van der Waals surface area (Å²) in [6.07, 6.45) is 1.68. The van der Waals surface area contributed by atoms with Gasteiger partial charge in [-0.25, -0.2) is 9.59 Å². The standard InChI is InChI=1S/C18H20N2O6/c1-2-3-8-19-18(25)20-15(22)10-26-17(24)13-9-14(21)11-6-4-5-7-12(11)16(13)23/h4-7,9,21,23H,2-3,8,10H2,1H3,(H2,19,20,22,25). The predicted octanol–water partition coefficient (Wildman–Crippen LogP) is 2.03. The van der Waals surface area contributed by atoms with Gasteiger partial charge in [0, 0.05) is 17.3 Å². The Bertz CT molecular complexity index is 834. The van der Waals surface area contributed by atoms with E-state index in [0.29, 0.717) is 11.9 Å². The van der Waals surface area contributed by atoms with Crippen LogP contribution in [0, 0.1) is 0 Å². The summed E-state index contributed by atoms with van der Waals surface area (Å²) in [5.41, 5.74) is -0.276. The monoisotopic (exact) mass is 360 g/mol. The van der Waals surface area contributed by atoms with Crippen LogP contribution in [0.3, 0.4) is 0 Å². The minimum absolute atomic E-state index is 0.204. The Morgan fingerprint density at radius 2 is 1.81 bits per heavy atom. The first-order valence-electron chi connectivity index (χ1n) is 8.12. The SMILES string of the molecule is CCCCNC(=O)NC(=O)COC(=O)c1cc(O)c2ccccc2c1O. The van der Waals surface area contributed by atoms with Gasteiger partial charge >= 0.3 is 12.0 Å². The third kappa shape index (κ3) is 4.62. The summed E-state index contributed by atoms with van der Waals surface area (Å²) in [5.74, 6) is -2.37. The molecule has 2 aromatic rings. The molecule has 26 heavy (non-hydrogen) atoms. The number of unbranched alkanes of at least 4 members (excludes halogenated alkanes) is 1. The number of urea groups is 1. The predicted molar refractivity (Wildman–Crippen MR) is 94.0 cm³/mol. The zero-order valence-corrected chi connectivity index (χ0v) is 14.2. The quantitative estimate of drug-likeness (QED) is 0.355. The van der Waals surface area contributed by atoms with Crippen molar-refractivity contribution in [2.24, 2.45) is 0 Å². The number of amides is 3. The average molecular weight is 360 g/mol. The number of imide groups is 1. The van der Waals surface area contributed by atoms with Gasteiger partial charge < -0.3 is 20.3 Å². The first-order valence-corrected chi connectivity index (χ1v) is 8.12. The summed E-state index contributed by atoms with van der Waals surface area (Å²) in [7, 11) is 0. The normalized spacial score (nSPS) is 10.3. The van der Waals surface area contributed by atoms with E-state index in [1.165, 1.54) is 6.07 Å². The second-order valence-electron chi connectivity index (χ2n) is 5.57. The van der Waals surface area contributed by atoms with Gasteiger partial charge in [0.25, 0.3) is 5.91 Å². The van der Waals surface area contributed by atoms with Crippen LogP contribution in [-0.4, -0.2) is 41.3 Å². The maximum absolute atomic E-state index is 12.1. The molecule has 0 heterocycles. The number of esters is 1. The van der Waals surface area contributed by atoms with Gasteiger partial charge in [0.15, 0.2) is 6.61 Å². The van der Waals surface area contributed by atoms with Crippen LogP contribution in [0.15, 0.2) is 30.3 Å². The van der Waals surface area contributed by atoms with Crippen LogP contribution >= 0.6 is 0 Å². The highest BCUT2D eigenvalue weighted by atomic mass is 16.5. The Morgan fingerprint density at radius 3 is 2.50 bits per heavy atom. The van der Waals surface area contributed by atoms with Crippen molar-refractivity contribution in [3.63, 3.8) is 0 Å². The minimum atomic E-state index is -0.995. The lowest BCUT2D eigenvalue weighted by Crippen LogP contribution is -2.41. The number of benzene rings is 2. The van der Waals surface area contributed by atoms with E-state index in [9.17, 15) is 24.6 Å². The van der Waals surface area contributed by atoms with Crippen molar-refractivity contribution in [3.05, 3.63) is 35.9 Å². The maximum Gasteiger partial charge on any atom is 0.342 e. The van der Waals surface area contributed by atoms with Crippen LogP contribution < -0.4 is 10.6 Å². The van der Waals surface area contributed by atoms with Crippen molar-refractivity contribution >= 4 is 28.7 Å².